The van der Waals surface area contributed by atoms with Gasteiger partial charge in [-0.25, -0.2) is 0 Å². The van der Waals surface area contributed by atoms with E-state index in [0.717, 1.165) is 11.8 Å². The first-order valence-corrected chi connectivity index (χ1v) is 6.27. The second kappa shape index (κ2) is 4.64. The molecule has 20 heavy (non-hydrogen) atoms. The van der Waals surface area contributed by atoms with Gasteiger partial charge >= 0.3 is 0 Å². The monoisotopic (exact) mass is 278 g/mol. The van der Waals surface area contributed by atoms with Crippen molar-refractivity contribution < 1.29 is 14.4 Å². The number of carbonyl (C=O) groups excluding carboxylic acids is 1. The van der Waals surface area contributed by atoms with Crippen LogP contribution in [0.25, 0.3) is 0 Å². The van der Waals surface area contributed by atoms with Gasteiger partial charge in [0.15, 0.2) is 0 Å². The molecule has 106 valence electrons. The van der Waals surface area contributed by atoms with Gasteiger partial charge in [0.2, 0.25) is 5.76 Å². The van der Waals surface area contributed by atoms with Gasteiger partial charge in [-0.3, -0.25) is 14.3 Å². The van der Waals surface area contributed by atoms with Crippen LogP contribution in [0, 0.1) is 0 Å². The average Bonchev–Trinajstić information content (AvgIpc) is 3.02. The van der Waals surface area contributed by atoms with Crippen molar-refractivity contribution in [1.29, 1.82) is 0 Å². The van der Waals surface area contributed by atoms with E-state index in [2.05, 4.69) is 10.3 Å². The van der Waals surface area contributed by atoms with E-state index in [9.17, 15) is 14.7 Å². The number of amides is 1. The fraction of sp³-hybridized carbons (Fsp3) is 0.417. The lowest BCUT2D eigenvalue weighted by atomic mass is 10.2. The van der Waals surface area contributed by atoms with Crippen LogP contribution in [0.15, 0.2) is 21.5 Å². The summed E-state index contributed by atoms with van der Waals surface area (Å²) in [4.78, 5) is 24.7. The minimum atomic E-state index is -0.639. The van der Waals surface area contributed by atoms with Gasteiger partial charge in [0.25, 0.3) is 11.5 Å². The van der Waals surface area contributed by atoms with Crippen molar-refractivity contribution >= 4 is 5.91 Å². The zero-order chi connectivity index (χ0) is 14.3. The number of fused-ring (bicyclic) bond motifs is 1. The van der Waals surface area contributed by atoms with Crippen molar-refractivity contribution in [1.82, 2.24) is 19.8 Å². The van der Waals surface area contributed by atoms with Gasteiger partial charge < -0.3 is 14.5 Å². The molecule has 0 aromatic carbocycles. The summed E-state index contributed by atoms with van der Waals surface area (Å²) < 4.78 is 6.60. The maximum Gasteiger partial charge on any atom is 0.292 e. The Kier molecular flexibility index (Phi) is 2.94. The van der Waals surface area contributed by atoms with Crippen molar-refractivity contribution in [2.24, 2.45) is 0 Å². The van der Waals surface area contributed by atoms with E-state index in [0.29, 0.717) is 25.3 Å². The highest BCUT2D eigenvalue weighted by Gasteiger charge is 2.26. The number of carbonyl (C=O) groups is 1. The third-order valence-electron chi connectivity index (χ3n) is 3.27. The highest BCUT2D eigenvalue weighted by Crippen LogP contribution is 2.19. The molecular formula is C12H14N4O4. The summed E-state index contributed by atoms with van der Waals surface area (Å²) in [5, 5.41) is 15.9. The van der Waals surface area contributed by atoms with Crippen LogP contribution in [0.2, 0.25) is 0 Å². The summed E-state index contributed by atoms with van der Waals surface area (Å²) >= 11 is 0. The minimum Gasteiger partial charge on any atom is -0.387 e. The number of rotatable bonds is 2. The van der Waals surface area contributed by atoms with E-state index in [1.54, 1.807) is 22.6 Å². The Bertz CT molecular complexity index is 696. The molecule has 1 atom stereocenters. The number of aliphatic hydroxyl groups excluding tert-OH is 1. The molecule has 2 aromatic rings. The van der Waals surface area contributed by atoms with Crippen LogP contribution < -0.4 is 5.56 Å². The number of hydrogen-bond acceptors (Lipinski definition) is 5. The maximum absolute atomic E-state index is 12.2. The number of aromatic amines is 1. The molecule has 0 unspecified atom stereocenters. The van der Waals surface area contributed by atoms with Gasteiger partial charge in [-0.15, -0.1) is 0 Å². The van der Waals surface area contributed by atoms with Crippen LogP contribution in [0.4, 0.5) is 0 Å². The van der Waals surface area contributed by atoms with E-state index < -0.39 is 11.7 Å². The number of aromatic nitrogens is 3. The Morgan fingerprint density at radius 2 is 2.30 bits per heavy atom. The zero-order valence-electron chi connectivity index (χ0n) is 10.9. The Balaban J connectivity index is 1.81. The minimum absolute atomic E-state index is 0.00119. The van der Waals surface area contributed by atoms with E-state index >= 15 is 0 Å². The molecule has 2 aromatic heterocycles. The Hall–Kier alpha value is -2.35. The van der Waals surface area contributed by atoms with E-state index in [1.807, 2.05) is 0 Å². The normalized spacial score (nSPS) is 16.0. The first kappa shape index (κ1) is 12.7. The van der Waals surface area contributed by atoms with Crippen LogP contribution in [0.5, 0.6) is 0 Å². The maximum atomic E-state index is 12.2. The van der Waals surface area contributed by atoms with Gasteiger partial charge in [-0.1, -0.05) is 0 Å². The summed E-state index contributed by atoms with van der Waals surface area (Å²) in [6.07, 6.45) is -0.639. The molecule has 3 heterocycles. The van der Waals surface area contributed by atoms with Crippen LogP contribution in [0.1, 0.15) is 35.0 Å². The molecule has 8 heteroatoms. The molecular weight excluding hydrogens is 264 g/mol. The van der Waals surface area contributed by atoms with Gasteiger partial charge in [0, 0.05) is 6.54 Å². The van der Waals surface area contributed by atoms with Gasteiger partial charge in [-0.05, 0) is 13.0 Å². The third-order valence-corrected chi connectivity index (χ3v) is 3.27. The SMILES string of the molecule is C[C@H](O)c1cc2n(n1)CCN(C(=O)c1cc(=O)[nH]o1)C2. The summed E-state index contributed by atoms with van der Waals surface area (Å²) in [5.41, 5.74) is 0.993. The van der Waals surface area contributed by atoms with E-state index in [4.69, 9.17) is 4.52 Å². The predicted octanol–water partition coefficient (Wildman–Crippen LogP) is -0.126. The lowest BCUT2D eigenvalue weighted by Gasteiger charge is -2.26. The largest absolute Gasteiger partial charge is 0.387 e. The van der Waals surface area contributed by atoms with Crippen molar-refractivity contribution in [2.45, 2.75) is 26.1 Å². The summed E-state index contributed by atoms with van der Waals surface area (Å²) in [7, 11) is 0. The van der Waals surface area contributed by atoms with Gasteiger partial charge in [-0.2, -0.15) is 10.3 Å². The Labute approximate surface area is 113 Å². The molecule has 1 aliphatic heterocycles. The molecule has 0 aliphatic carbocycles. The highest BCUT2D eigenvalue weighted by molar-refractivity contribution is 5.91. The quantitative estimate of drug-likeness (QED) is 0.796. The Morgan fingerprint density at radius 1 is 1.50 bits per heavy atom. The van der Waals surface area contributed by atoms with Crippen molar-refractivity contribution in [3.8, 4) is 0 Å². The Morgan fingerprint density at radius 3 is 2.95 bits per heavy atom. The predicted molar refractivity (Wildman–Crippen MR) is 66.9 cm³/mol. The molecule has 8 nitrogen and oxygen atoms in total. The van der Waals surface area contributed by atoms with Crippen LogP contribution >= 0.6 is 0 Å². The molecule has 1 amide bonds. The van der Waals surface area contributed by atoms with E-state index in [1.165, 1.54) is 0 Å². The average molecular weight is 278 g/mol. The molecule has 0 bridgehead atoms. The molecule has 3 rings (SSSR count). The fourth-order valence-corrected chi connectivity index (χ4v) is 2.21. The standard InChI is InChI=1S/C12H14N4O4/c1-7(17)9-4-8-6-15(2-3-16(8)13-9)12(19)10-5-11(18)14-20-10/h4-5,7,17H,2-3,6H2,1H3,(H,14,18)/t7-/m0/s1. The van der Waals surface area contributed by atoms with Crippen molar-refractivity contribution in [3.05, 3.63) is 39.6 Å². The van der Waals surface area contributed by atoms with Crippen molar-refractivity contribution in [3.63, 3.8) is 0 Å². The number of hydrogen-bond donors (Lipinski definition) is 2. The third kappa shape index (κ3) is 2.14. The molecule has 0 fully saturated rings. The molecule has 2 N–H and O–H groups in total. The molecule has 0 saturated carbocycles. The fourth-order valence-electron chi connectivity index (χ4n) is 2.21. The molecule has 0 saturated heterocycles. The second-order valence-electron chi connectivity index (χ2n) is 4.76. The number of nitrogens with zero attached hydrogens (tertiary/aromatic N) is 3. The summed E-state index contributed by atoms with van der Waals surface area (Å²) in [5.74, 6) is -0.340. The van der Waals surface area contributed by atoms with Crippen LogP contribution in [-0.4, -0.2) is 37.4 Å². The lowest BCUT2D eigenvalue weighted by Crippen LogP contribution is -2.38. The smallest absolute Gasteiger partial charge is 0.292 e. The second-order valence-corrected chi connectivity index (χ2v) is 4.76. The molecule has 0 radical (unpaired) electrons. The molecule has 0 spiro atoms. The van der Waals surface area contributed by atoms with Crippen LogP contribution in [-0.2, 0) is 13.1 Å². The van der Waals surface area contributed by atoms with Crippen molar-refractivity contribution in [2.75, 3.05) is 6.54 Å². The lowest BCUT2D eigenvalue weighted by molar-refractivity contribution is 0.0663. The summed E-state index contributed by atoms with van der Waals surface area (Å²) in [6.45, 7) is 3.03. The number of nitrogens with one attached hydrogen (secondary N) is 1. The van der Waals surface area contributed by atoms with Gasteiger partial charge in [0.1, 0.15) is 0 Å². The highest BCUT2D eigenvalue weighted by atomic mass is 16.5. The number of aliphatic hydroxyl groups is 1. The zero-order valence-corrected chi connectivity index (χ0v) is 10.9. The van der Waals surface area contributed by atoms with E-state index in [-0.39, 0.29) is 11.7 Å². The number of H-pyrrole nitrogens is 1. The summed E-state index contributed by atoms with van der Waals surface area (Å²) in [6, 6.07) is 2.91. The molecule has 1 aliphatic rings. The van der Waals surface area contributed by atoms with Gasteiger partial charge in [0.05, 0.1) is 36.6 Å². The topological polar surface area (TPSA) is 104 Å². The van der Waals surface area contributed by atoms with Crippen LogP contribution in [0.3, 0.4) is 0 Å². The first-order chi connectivity index (χ1) is 9.54. The first-order valence-electron chi connectivity index (χ1n) is 6.27.